The Balaban J connectivity index is 2.85. The minimum atomic E-state index is -1.02. The minimum Gasteiger partial charge on any atom is -0.460 e. The number of aromatic nitrogens is 1. The molecule has 0 saturated carbocycles. The molecule has 0 bridgehead atoms. The molecule has 0 unspecified atom stereocenters. The Morgan fingerprint density at radius 2 is 2.19 bits per heavy atom. The van der Waals surface area contributed by atoms with Crippen LogP contribution in [0.15, 0.2) is 18.3 Å². The molecule has 0 atom stereocenters. The third kappa shape index (κ3) is 2.59. The molecule has 0 aromatic carbocycles. The molecule has 7 heteroatoms. The molecule has 1 heterocycles. The van der Waals surface area contributed by atoms with Crippen LogP contribution in [0.2, 0.25) is 0 Å². The van der Waals surface area contributed by atoms with Gasteiger partial charge in [0.2, 0.25) is 0 Å². The third-order valence-corrected chi connectivity index (χ3v) is 1.65. The van der Waals surface area contributed by atoms with E-state index in [2.05, 4.69) is 9.72 Å². The highest BCUT2D eigenvalue weighted by molar-refractivity contribution is 6.40. The Labute approximate surface area is 90.2 Å². The molecule has 1 aromatic rings. The number of ether oxygens (including phenoxy) is 1. The van der Waals surface area contributed by atoms with Gasteiger partial charge in [0.25, 0.3) is 11.5 Å². The van der Waals surface area contributed by atoms with Crippen molar-refractivity contribution in [3.05, 3.63) is 34.1 Å². The summed E-state index contributed by atoms with van der Waals surface area (Å²) in [5.41, 5.74) is -0.426. The summed E-state index contributed by atoms with van der Waals surface area (Å²) in [6, 6.07) is 2.21. The van der Waals surface area contributed by atoms with Gasteiger partial charge in [-0.1, -0.05) is 0 Å². The van der Waals surface area contributed by atoms with Gasteiger partial charge in [0, 0.05) is 6.07 Å². The summed E-state index contributed by atoms with van der Waals surface area (Å²) in [6.45, 7) is 1.64. The number of carbonyl (C=O) groups is 2. The first kappa shape index (κ1) is 11.8. The Bertz CT molecular complexity index is 426. The first-order chi connectivity index (χ1) is 7.56. The van der Waals surface area contributed by atoms with Gasteiger partial charge in [-0.15, -0.1) is 0 Å². The quantitative estimate of drug-likeness (QED) is 0.246. The SMILES string of the molecule is CCOC(=O)C(=O)c1ccc([N+](=O)[O-])cn1. The highest BCUT2D eigenvalue weighted by Gasteiger charge is 2.19. The lowest BCUT2D eigenvalue weighted by atomic mass is 10.2. The Morgan fingerprint density at radius 3 is 2.62 bits per heavy atom. The molecule has 1 aromatic heterocycles. The zero-order valence-corrected chi connectivity index (χ0v) is 8.37. The predicted molar refractivity (Wildman–Crippen MR) is 51.9 cm³/mol. The van der Waals surface area contributed by atoms with Crippen LogP contribution in [0, 0.1) is 10.1 Å². The van der Waals surface area contributed by atoms with E-state index in [1.807, 2.05) is 0 Å². The van der Waals surface area contributed by atoms with Crippen molar-refractivity contribution in [3.8, 4) is 0 Å². The minimum absolute atomic E-state index is 0.0809. The fourth-order valence-electron chi connectivity index (χ4n) is 0.930. The standard InChI is InChI=1S/C9H8N2O5/c1-2-16-9(13)8(12)7-4-3-6(5-10-7)11(14)15/h3-5H,2H2,1H3. The van der Waals surface area contributed by atoms with E-state index in [9.17, 15) is 19.7 Å². The molecule has 7 nitrogen and oxygen atoms in total. The molecule has 0 fully saturated rings. The Hall–Kier alpha value is -2.31. The zero-order chi connectivity index (χ0) is 12.1. The van der Waals surface area contributed by atoms with Crippen LogP contribution in [-0.2, 0) is 9.53 Å². The van der Waals surface area contributed by atoms with Crippen LogP contribution in [0.4, 0.5) is 5.69 Å². The van der Waals surface area contributed by atoms with E-state index in [1.54, 1.807) is 6.92 Å². The summed E-state index contributed by atoms with van der Waals surface area (Å²) >= 11 is 0. The number of rotatable bonds is 4. The number of ketones is 1. The van der Waals surface area contributed by atoms with E-state index in [0.29, 0.717) is 0 Å². The van der Waals surface area contributed by atoms with Crippen LogP contribution < -0.4 is 0 Å². The number of hydrogen-bond donors (Lipinski definition) is 0. The lowest BCUT2D eigenvalue weighted by Gasteiger charge is -1.99. The van der Waals surface area contributed by atoms with Crippen LogP contribution in [0.3, 0.4) is 0 Å². The number of hydrogen-bond acceptors (Lipinski definition) is 6. The first-order valence-corrected chi connectivity index (χ1v) is 4.38. The van der Waals surface area contributed by atoms with Crippen LogP contribution in [0.1, 0.15) is 17.4 Å². The van der Waals surface area contributed by atoms with Gasteiger partial charge in [-0.05, 0) is 13.0 Å². The van der Waals surface area contributed by atoms with Gasteiger partial charge in [-0.3, -0.25) is 14.9 Å². The number of esters is 1. The molecular formula is C9H8N2O5. The molecule has 0 amide bonds. The van der Waals surface area contributed by atoms with Crippen LogP contribution >= 0.6 is 0 Å². The normalized spacial score (nSPS) is 9.56. The smallest absolute Gasteiger partial charge is 0.381 e. The third-order valence-electron chi connectivity index (χ3n) is 1.65. The number of carbonyl (C=O) groups excluding carboxylic acids is 2. The van der Waals surface area contributed by atoms with Crippen molar-refractivity contribution in [2.75, 3.05) is 6.61 Å². The van der Waals surface area contributed by atoms with E-state index in [-0.39, 0.29) is 18.0 Å². The van der Waals surface area contributed by atoms with E-state index in [0.717, 1.165) is 18.3 Å². The Kier molecular flexibility index (Phi) is 3.65. The van der Waals surface area contributed by atoms with Gasteiger partial charge in [0.05, 0.1) is 11.5 Å². The van der Waals surface area contributed by atoms with E-state index in [1.165, 1.54) is 0 Å². The maximum Gasteiger partial charge on any atom is 0.381 e. The molecule has 0 aliphatic rings. The highest BCUT2D eigenvalue weighted by Crippen LogP contribution is 2.09. The lowest BCUT2D eigenvalue weighted by molar-refractivity contribution is -0.385. The van der Waals surface area contributed by atoms with Gasteiger partial charge in [-0.25, -0.2) is 9.78 Å². The van der Waals surface area contributed by atoms with E-state index >= 15 is 0 Å². The van der Waals surface area contributed by atoms with Gasteiger partial charge >= 0.3 is 5.97 Å². The fraction of sp³-hybridized carbons (Fsp3) is 0.222. The van der Waals surface area contributed by atoms with Gasteiger partial charge in [0.1, 0.15) is 11.9 Å². The van der Waals surface area contributed by atoms with Crippen molar-refractivity contribution in [2.24, 2.45) is 0 Å². The second kappa shape index (κ2) is 4.96. The first-order valence-electron chi connectivity index (χ1n) is 4.38. The summed E-state index contributed by atoms with van der Waals surface area (Å²) in [5.74, 6) is -1.94. The second-order valence-corrected chi connectivity index (χ2v) is 2.71. The fourth-order valence-corrected chi connectivity index (χ4v) is 0.930. The number of pyridine rings is 1. The van der Waals surface area contributed by atoms with Gasteiger partial charge in [0.15, 0.2) is 0 Å². The highest BCUT2D eigenvalue weighted by atomic mass is 16.6. The molecule has 84 valence electrons. The second-order valence-electron chi connectivity index (χ2n) is 2.71. The summed E-state index contributed by atoms with van der Waals surface area (Å²) in [4.78, 5) is 35.5. The van der Waals surface area contributed by atoms with Crippen LogP contribution in [0.25, 0.3) is 0 Å². The van der Waals surface area contributed by atoms with Crippen molar-refractivity contribution in [1.82, 2.24) is 4.98 Å². The van der Waals surface area contributed by atoms with Gasteiger partial charge in [-0.2, -0.15) is 0 Å². The summed E-state index contributed by atoms with van der Waals surface area (Å²) in [6.07, 6.45) is 0.909. The summed E-state index contributed by atoms with van der Waals surface area (Å²) in [5, 5.41) is 10.3. The van der Waals surface area contributed by atoms with Crippen molar-refractivity contribution >= 4 is 17.4 Å². The molecule has 0 radical (unpaired) electrons. The maximum atomic E-state index is 11.3. The molecule has 0 spiro atoms. The lowest BCUT2D eigenvalue weighted by Crippen LogP contribution is -2.18. The average molecular weight is 224 g/mol. The average Bonchev–Trinajstić information content (AvgIpc) is 2.28. The number of nitro groups is 1. The number of Topliss-reactive ketones (excluding diaryl/α,β-unsaturated/α-hetero) is 1. The maximum absolute atomic E-state index is 11.3. The van der Waals surface area contributed by atoms with Crippen LogP contribution in [-0.4, -0.2) is 28.3 Å². The van der Waals surface area contributed by atoms with Crippen molar-refractivity contribution in [3.63, 3.8) is 0 Å². The van der Waals surface area contributed by atoms with Crippen molar-refractivity contribution in [2.45, 2.75) is 6.92 Å². The largest absolute Gasteiger partial charge is 0.460 e. The topological polar surface area (TPSA) is 99.4 Å². The summed E-state index contributed by atoms with van der Waals surface area (Å²) < 4.78 is 4.47. The molecule has 0 aliphatic carbocycles. The van der Waals surface area contributed by atoms with Crippen LogP contribution in [0.5, 0.6) is 0 Å². The monoisotopic (exact) mass is 224 g/mol. The van der Waals surface area contributed by atoms with E-state index < -0.39 is 16.7 Å². The summed E-state index contributed by atoms with van der Waals surface area (Å²) in [7, 11) is 0. The van der Waals surface area contributed by atoms with Crippen molar-refractivity contribution in [1.29, 1.82) is 0 Å². The molecule has 0 saturated heterocycles. The molecule has 0 aliphatic heterocycles. The number of nitrogens with zero attached hydrogens (tertiary/aromatic N) is 2. The molecule has 16 heavy (non-hydrogen) atoms. The predicted octanol–water partition coefficient (Wildman–Crippen LogP) is 0.736. The van der Waals surface area contributed by atoms with Gasteiger partial charge < -0.3 is 4.74 Å². The van der Waals surface area contributed by atoms with Crippen molar-refractivity contribution < 1.29 is 19.2 Å². The molecular weight excluding hydrogens is 216 g/mol. The van der Waals surface area contributed by atoms with E-state index in [4.69, 9.17) is 0 Å². The molecule has 1 rings (SSSR count). The zero-order valence-electron chi connectivity index (χ0n) is 8.37. The molecule has 0 N–H and O–H groups in total. The Morgan fingerprint density at radius 1 is 1.50 bits per heavy atom.